The minimum Gasteiger partial charge on any atom is -0.465 e. The Kier molecular flexibility index (Phi) is 8.98. The number of hydrogen-bond acceptors (Lipinski definition) is 5. The van der Waals surface area contributed by atoms with Gasteiger partial charge < -0.3 is 20.1 Å². The minimum absolute atomic E-state index is 0.0501. The first-order valence-electron chi connectivity index (χ1n) is 8.49. The van der Waals surface area contributed by atoms with Gasteiger partial charge in [0.05, 0.1) is 12.7 Å². The standard InChI is InChI=1S/C19H18Cl3N3O4S/c1-28-15(26)13-7-9-14(10-8-13)23-17(30)24-16(19(20,21)22)25-18(27)29-11-12-5-3-2-4-6-12/h2-10,16H,11H2,1H3,(H,25,27)(H2,23,24,30)/t16-/m1/s1. The second-order valence-electron chi connectivity index (χ2n) is 5.85. The summed E-state index contributed by atoms with van der Waals surface area (Å²) in [6.07, 6.45) is -1.98. The zero-order chi connectivity index (χ0) is 22.1. The summed E-state index contributed by atoms with van der Waals surface area (Å²) in [6, 6.07) is 15.5. The lowest BCUT2D eigenvalue weighted by molar-refractivity contribution is 0.0600. The summed E-state index contributed by atoms with van der Waals surface area (Å²) in [4.78, 5) is 23.6. The van der Waals surface area contributed by atoms with Gasteiger partial charge in [0.15, 0.2) is 11.3 Å². The van der Waals surface area contributed by atoms with E-state index in [1.165, 1.54) is 7.11 Å². The van der Waals surface area contributed by atoms with Gasteiger partial charge in [0.25, 0.3) is 0 Å². The molecular formula is C19H18Cl3N3O4S. The van der Waals surface area contributed by atoms with Gasteiger partial charge in [-0.15, -0.1) is 0 Å². The molecule has 11 heteroatoms. The number of carbonyl (C=O) groups is 2. The van der Waals surface area contributed by atoms with E-state index in [1.807, 2.05) is 30.3 Å². The first kappa shape index (κ1) is 24.0. The molecule has 2 rings (SSSR count). The molecule has 1 amide bonds. The van der Waals surface area contributed by atoms with E-state index in [2.05, 4.69) is 20.7 Å². The number of methoxy groups -OCH3 is 1. The van der Waals surface area contributed by atoms with E-state index in [1.54, 1.807) is 24.3 Å². The molecule has 3 N–H and O–H groups in total. The van der Waals surface area contributed by atoms with Crippen LogP contribution in [0.2, 0.25) is 0 Å². The van der Waals surface area contributed by atoms with Crippen LogP contribution >= 0.6 is 47.0 Å². The van der Waals surface area contributed by atoms with Crippen LogP contribution < -0.4 is 16.0 Å². The summed E-state index contributed by atoms with van der Waals surface area (Å²) in [5.41, 5.74) is 1.75. The topological polar surface area (TPSA) is 88.7 Å². The first-order valence-corrected chi connectivity index (χ1v) is 10.0. The lowest BCUT2D eigenvalue weighted by Gasteiger charge is -2.27. The van der Waals surface area contributed by atoms with Gasteiger partial charge in [0, 0.05) is 5.69 Å². The average molecular weight is 491 g/mol. The van der Waals surface area contributed by atoms with Crippen molar-refractivity contribution in [3.05, 3.63) is 65.7 Å². The number of alkyl halides is 3. The third-order valence-corrected chi connectivity index (χ3v) is 4.52. The van der Waals surface area contributed by atoms with Crippen LogP contribution in [0, 0.1) is 0 Å². The largest absolute Gasteiger partial charge is 0.465 e. The molecule has 2 aromatic carbocycles. The fourth-order valence-corrected chi connectivity index (χ4v) is 2.75. The fraction of sp³-hybridized carbons (Fsp3) is 0.211. The molecule has 0 bridgehead atoms. The molecule has 0 heterocycles. The third-order valence-electron chi connectivity index (χ3n) is 3.64. The molecular weight excluding hydrogens is 473 g/mol. The van der Waals surface area contributed by atoms with Gasteiger partial charge in [-0.2, -0.15) is 0 Å². The predicted molar refractivity (Wildman–Crippen MR) is 121 cm³/mol. The summed E-state index contributed by atoms with van der Waals surface area (Å²) in [5.74, 6) is -0.461. The molecule has 0 aromatic heterocycles. The van der Waals surface area contributed by atoms with Gasteiger partial charge in [-0.1, -0.05) is 65.1 Å². The summed E-state index contributed by atoms with van der Waals surface area (Å²) in [7, 11) is 1.29. The number of hydrogen-bond donors (Lipinski definition) is 3. The second kappa shape index (κ2) is 11.2. The Bertz CT molecular complexity index is 877. The highest BCUT2D eigenvalue weighted by atomic mass is 35.6. The number of benzene rings is 2. The molecule has 0 saturated heterocycles. The second-order valence-corrected chi connectivity index (χ2v) is 8.63. The molecule has 0 radical (unpaired) electrons. The molecule has 2 aromatic rings. The highest BCUT2D eigenvalue weighted by Crippen LogP contribution is 2.29. The van der Waals surface area contributed by atoms with Crippen molar-refractivity contribution in [2.75, 3.05) is 12.4 Å². The van der Waals surface area contributed by atoms with Crippen molar-refractivity contribution in [3.63, 3.8) is 0 Å². The van der Waals surface area contributed by atoms with Crippen molar-refractivity contribution in [3.8, 4) is 0 Å². The van der Waals surface area contributed by atoms with E-state index in [-0.39, 0.29) is 11.7 Å². The number of anilines is 1. The van der Waals surface area contributed by atoms with Crippen molar-refractivity contribution in [2.24, 2.45) is 0 Å². The number of halogens is 3. The van der Waals surface area contributed by atoms with E-state index in [9.17, 15) is 9.59 Å². The number of nitrogens with one attached hydrogen (secondary N) is 3. The van der Waals surface area contributed by atoms with Gasteiger partial charge in [-0.05, 0) is 42.0 Å². The number of alkyl carbamates (subject to hydrolysis) is 1. The summed E-state index contributed by atoms with van der Waals surface area (Å²) in [5, 5.41) is 8.05. The normalized spacial score (nSPS) is 11.7. The zero-order valence-electron chi connectivity index (χ0n) is 15.7. The highest BCUT2D eigenvalue weighted by Gasteiger charge is 2.35. The molecule has 160 valence electrons. The first-order chi connectivity index (χ1) is 14.2. The Hall–Kier alpha value is -2.26. The molecule has 0 aliphatic rings. The van der Waals surface area contributed by atoms with Gasteiger partial charge >= 0.3 is 12.1 Å². The number of thiocarbonyl (C=S) groups is 1. The van der Waals surface area contributed by atoms with E-state index < -0.39 is 22.0 Å². The summed E-state index contributed by atoms with van der Waals surface area (Å²) in [6.45, 7) is 0.0501. The number of amides is 1. The Labute approximate surface area is 194 Å². The highest BCUT2D eigenvalue weighted by molar-refractivity contribution is 7.80. The fourth-order valence-electron chi connectivity index (χ4n) is 2.19. The maximum absolute atomic E-state index is 12.1. The Morgan fingerprint density at radius 1 is 1.03 bits per heavy atom. The van der Waals surface area contributed by atoms with Gasteiger partial charge in [0.1, 0.15) is 6.61 Å². The number of carbonyl (C=O) groups excluding carboxylic acids is 2. The van der Waals surface area contributed by atoms with Crippen LogP contribution in [0.5, 0.6) is 0 Å². The van der Waals surface area contributed by atoms with Crippen molar-refractivity contribution >= 4 is 69.9 Å². The summed E-state index contributed by atoms with van der Waals surface area (Å²) < 4.78 is 7.84. The van der Waals surface area contributed by atoms with Crippen molar-refractivity contribution in [1.82, 2.24) is 10.6 Å². The van der Waals surface area contributed by atoms with E-state index in [4.69, 9.17) is 51.8 Å². The maximum Gasteiger partial charge on any atom is 0.409 e. The van der Waals surface area contributed by atoms with E-state index >= 15 is 0 Å². The van der Waals surface area contributed by atoms with Crippen molar-refractivity contribution in [2.45, 2.75) is 16.6 Å². The monoisotopic (exact) mass is 489 g/mol. The molecule has 0 fully saturated rings. The smallest absolute Gasteiger partial charge is 0.409 e. The van der Waals surface area contributed by atoms with Crippen LogP contribution in [0.3, 0.4) is 0 Å². The Morgan fingerprint density at radius 3 is 2.23 bits per heavy atom. The van der Waals surface area contributed by atoms with E-state index in [0.717, 1.165) is 5.56 Å². The van der Waals surface area contributed by atoms with Crippen LogP contribution in [-0.4, -0.2) is 34.2 Å². The van der Waals surface area contributed by atoms with Crippen molar-refractivity contribution < 1.29 is 19.1 Å². The van der Waals surface area contributed by atoms with Crippen LogP contribution in [0.15, 0.2) is 54.6 Å². The molecule has 0 unspecified atom stereocenters. The Morgan fingerprint density at radius 2 is 1.67 bits per heavy atom. The summed E-state index contributed by atoms with van der Waals surface area (Å²) >= 11 is 23.0. The van der Waals surface area contributed by atoms with Crippen LogP contribution in [0.25, 0.3) is 0 Å². The van der Waals surface area contributed by atoms with Crippen molar-refractivity contribution in [1.29, 1.82) is 0 Å². The van der Waals surface area contributed by atoms with Crippen LogP contribution in [0.4, 0.5) is 10.5 Å². The zero-order valence-corrected chi connectivity index (χ0v) is 18.7. The SMILES string of the molecule is COC(=O)c1ccc(NC(=S)N[C@H](NC(=O)OCc2ccccc2)C(Cl)(Cl)Cl)cc1. The molecule has 0 saturated carbocycles. The quantitative estimate of drug-likeness (QED) is 0.240. The average Bonchev–Trinajstić information content (AvgIpc) is 2.72. The van der Waals surface area contributed by atoms with Gasteiger partial charge in [0.2, 0.25) is 3.79 Å². The molecule has 0 aliphatic carbocycles. The lowest BCUT2D eigenvalue weighted by atomic mass is 10.2. The minimum atomic E-state index is -1.92. The molecule has 30 heavy (non-hydrogen) atoms. The van der Waals surface area contributed by atoms with Gasteiger partial charge in [-0.25, -0.2) is 9.59 Å². The molecule has 0 spiro atoms. The lowest BCUT2D eigenvalue weighted by Crippen LogP contribution is -2.56. The van der Waals surface area contributed by atoms with E-state index in [0.29, 0.717) is 11.3 Å². The predicted octanol–water partition coefficient (Wildman–Crippen LogP) is 4.38. The maximum atomic E-state index is 12.1. The Balaban J connectivity index is 1.92. The number of ether oxygens (including phenoxy) is 2. The molecule has 0 aliphatic heterocycles. The number of rotatable bonds is 6. The van der Waals surface area contributed by atoms with Crippen LogP contribution in [-0.2, 0) is 16.1 Å². The molecule has 7 nitrogen and oxygen atoms in total. The third kappa shape index (κ3) is 7.87. The molecule has 1 atom stereocenters. The van der Waals surface area contributed by atoms with Crippen LogP contribution in [0.1, 0.15) is 15.9 Å². The number of esters is 1. The van der Waals surface area contributed by atoms with Gasteiger partial charge in [-0.3, -0.25) is 5.32 Å².